The number of nitrogens with zero attached hydrogens (tertiary/aromatic N) is 1. The first-order valence-corrected chi connectivity index (χ1v) is 5.65. The van der Waals surface area contributed by atoms with Gasteiger partial charge in [0.2, 0.25) is 0 Å². The van der Waals surface area contributed by atoms with E-state index in [2.05, 4.69) is 11.9 Å². The lowest BCUT2D eigenvalue weighted by atomic mass is 9.89. The normalized spacial score (nSPS) is 17.5. The van der Waals surface area contributed by atoms with E-state index in [-0.39, 0.29) is 29.9 Å². The van der Waals surface area contributed by atoms with Crippen LogP contribution in [-0.2, 0) is 0 Å². The van der Waals surface area contributed by atoms with Crippen LogP contribution in [0.2, 0.25) is 0 Å². The fourth-order valence-electron chi connectivity index (χ4n) is 2.15. The number of hydrogen-bond acceptors (Lipinski definition) is 2. The molecular formula is C13H17ClFNO. The average molecular weight is 258 g/mol. The van der Waals surface area contributed by atoms with E-state index in [9.17, 15) is 9.18 Å². The third-order valence-electron chi connectivity index (χ3n) is 3.20. The number of halogens is 2. The van der Waals surface area contributed by atoms with E-state index in [0.717, 1.165) is 25.9 Å². The van der Waals surface area contributed by atoms with Crippen molar-refractivity contribution < 1.29 is 9.18 Å². The van der Waals surface area contributed by atoms with Crippen LogP contribution < -0.4 is 0 Å². The fourth-order valence-corrected chi connectivity index (χ4v) is 2.15. The predicted octanol–water partition coefficient (Wildman–Crippen LogP) is 2.77. The molecule has 94 valence electrons. The molecule has 0 unspecified atom stereocenters. The highest BCUT2D eigenvalue weighted by molar-refractivity contribution is 5.97. The van der Waals surface area contributed by atoms with Gasteiger partial charge in [0, 0.05) is 11.5 Å². The monoisotopic (exact) mass is 257 g/mol. The number of piperidine rings is 1. The third-order valence-corrected chi connectivity index (χ3v) is 3.20. The predicted molar refractivity (Wildman–Crippen MR) is 68.2 cm³/mol. The number of rotatable bonds is 2. The molecule has 0 aromatic heterocycles. The SMILES string of the molecule is CN1CCC(C(=O)c2cccc(F)c2)CC1.Cl. The Hall–Kier alpha value is -0.930. The van der Waals surface area contributed by atoms with Gasteiger partial charge in [-0.25, -0.2) is 4.39 Å². The van der Waals surface area contributed by atoms with Crippen LogP contribution >= 0.6 is 12.4 Å². The van der Waals surface area contributed by atoms with Gasteiger partial charge in [-0.2, -0.15) is 0 Å². The van der Waals surface area contributed by atoms with Gasteiger partial charge >= 0.3 is 0 Å². The molecule has 0 saturated carbocycles. The molecule has 4 heteroatoms. The summed E-state index contributed by atoms with van der Waals surface area (Å²) in [6.45, 7) is 1.90. The van der Waals surface area contributed by atoms with Crippen molar-refractivity contribution in [3.05, 3.63) is 35.6 Å². The third kappa shape index (κ3) is 3.51. The van der Waals surface area contributed by atoms with Crippen LogP contribution in [-0.4, -0.2) is 30.8 Å². The van der Waals surface area contributed by atoms with Crippen molar-refractivity contribution in [1.29, 1.82) is 0 Å². The summed E-state index contributed by atoms with van der Waals surface area (Å²) in [7, 11) is 2.06. The molecule has 1 aromatic carbocycles. The molecule has 1 heterocycles. The first kappa shape index (κ1) is 14.1. The molecule has 2 nitrogen and oxygen atoms in total. The summed E-state index contributed by atoms with van der Waals surface area (Å²) in [4.78, 5) is 14.3. The molecule has 0 atom stereocenters. The summed E-state index contributed by atoms with van der Waals surface area (Å²) in [5.41, 5.74) is 0.509. The zero-order valence-corrected chi connectivity index (χ0v) is 10.7. The maximum Gasteiger partial charge on any atom is 0.166 e. The molecule has 1 aliphatic heterocycles. The molecule has 1 saturated heterocycles. The standard InChI is InChI=1S/C13H16FNO.ClH/c1-15-7-5-10(6-8-15)13(16)11-3-2-4-12(14)9-11;/h2-4,9-10H,5-8H2,1H3;1H. The van der Waals surface area contributed by atoms with Crippen LogP contribution in [0, 0.1) is 11.7 Å². The molecule has 0 amide bonds. The summed E-state index contributed by atoms with van der Waals surface area (Å²) in [6, 6.07) is 5.99. The number of hydrogen-bond donors (Lipinski definition) is 0. The number of benzene rings is 1. The van der Waals surface area contributed by atoms with Crippen LogP contribution in [0.5, 0.6) is 0 Å². The number of likely N-dealkylation sites (tertiary alicyclic amines) is 1. The number of carbonyl (C=O) groups is 1. The summed E-state index contributed by atoms with van der Waals surface area (Å²) < 4.78 is 13.0. The van der Waals surface area contributed by atoms with Crippen molar-refractivity contribution in [2.75, 3.05) is 20.1 Å². The molecule has 0 bridgehead atoms. The van der Waals surface area contributed by atoms with Gasteiger partial charge < -0.3 is 4.90 Å². The highest BCUT2D eigenvalue weighted by atomic mass is 35.5. The van der Waals surface area contributed by atoms with Crippen LogP contribution in [0.1, 0.15) is 23.2 Å². The highest BCUT2D eigenvalue weighted by Crippen LogP contribution is 2.21. The quantitative estimate of drug-likeness (QED) is 0.760. The first-order valence-electron chi connectivity index (χ1n) is 5.65. The first-order chi connectivity index (χ1) is 7.66. The lowest BCUT2D eigenvalue weighted by Crippen LogP contribution is -2.33. The molecule has 0 aliphatic carbocycles. The van der Waals surface area contributed by atoms with Gasteiger partial charge in [0.05, 0.1) is 0 Å². The zero-order valence-electron chi connectivity index (χ0n) is 9.86. The Morgan fingerprint density at radius 2 is 2.00 bits per heavy atom. The number of ketones is 1. The molecule has 1 aliphatic rings. The second-order valence-electron chi connectivity index (χ2n) is 4.45. The molecule has 17 heavy (non-hydrogen) atoms. The maximum atomic E-state index is 13.0. The van der Waals surface area contributed by atoms with Crippen LogP contribution in [0.4, 0.5) is 4.39 Å². The molecule has 1 aromatic rings. The van der Waals surface area contributed by atoms with Gasteiger partial charge in [0.15, 0.2) is 5.78 Å². The van der Waals surface area contributed by atoms with Crippen LogP contribution in [0.25, 0.3) is 0 Å². The average Bonchev–Trinajstić information content (AvgIpc) is 2.29. The lowest BCUT2D eigenvalue weighted by molar-refractivity contribution is 0.0856. The van der Waals surface area contributed by atoms with Crippen molar-refractivity contribution in [3.63, 3.8) is 0 Å². The van der Waals surface area contributed by atoms with E-state index in [1.165, 1.54) is 12.1 Å². The highest BCUT2D eigenvalue weighted by Gasteiger charge is 2.24. The minimum atomic E-state index is -0.334. The summed E-state index contributed by atoms with van der Waals surface area (Å²) in [5, 5.41) is 0. The molecule has 0 spiro atoms. The van der Waals surface area contributed by atoms with E-state index in [0.29, 0.717) is 5.56 Å². The van der Waals surface area contributed by atoms with E-state index < -0.39 is 0 Å². The molecule has 0 N–H and O–H groups in total. The summed E-state index contributed by atoms with van der Waals surface area (Å²) in [6.07, 6.45) is 1.76. The largest absolute Gasteiger partial charge is 0.306 e. The molecular weight excluding hydrogens is 241 g/mol. The second kappa shape index (κ2) is 6.12. The molecule has 0 radical (unpaired) electrons. The summed E-state index contributed by atoms with van der Waals surface area (Å²) in [5.74, 6) is -0.177. The number of Topliss-reactive ketones (excluding diaryl/α,β-unsaturated/α-hetero) is 1. The van der Waals surface area contributed by atoms with Crippen molar-refractivity contribution >= 4 is 18.2 Å². The lowest BCUT2D eigenvalue weighted by Gasteiger charge is -2.27. The zero-order chi connectivity index (χ0) is 11.5. The fraction of sp³-hybridized carbons (Fsp3) is 0.462. The molecule has 1 fully saturated rings. The minimum Gasteiger partial charge on any atom is -0.306 e. The van der Waals surface area contributed by atoms with E-state index in [4.69, 9.17) is 0 Å². The Labute approximate surface area is 107 Å². The topological polar surface area (TPSA) is 20.3 Å². The van der Waals surface area contributed by atoms with E-state index in [1.54, 1.807) is 12.1 Å². The Kier molecular flexibility index (Phi) is 5.09. The van der Waals surface area contributed by atoms with Gasteiger partial charge in [0.1, 0.15) is 5.82 Å². The minimum absolute atomic E-state index is 0. The van der Waals surface area contributed by atoms with Gasteiger partial charge in [-0.15, -0.1) is 12.4 Å². The summed E-state index contributed by atoms with van der Waals surface area (Å²) >= 11 is 0. The molecule has 2 rings (SSSR count). The Morgan fingerprint density at radius 1 is 1.35 bits per heavy atom. The van der Waals surface area contributed by atoms with Crippen molar-refractivity contribution in [1.82, 2.24) is 4.90 Å². The van der Waals surface area contributed by atoms with Gasteiger partial charge in [0.25, 0.3) is 0 Å². The van der Waals surface area contributed by atoms with Crippen molar-refractivity contribution in [2.24, 2.45) is 5.92 Å². The Bertz CT molecular complexity index is 389. The van der Waals surface area contributed by atoms with Crippen LogP contribution in [0.3, 0.4) is 0 Å². The van der Waals surface area contributed by atoms with Gasteiger partial charge in [-0.1, -0.05) is 12.1 Å². The Morgan fingerprint density at radius 3 is 2.59 bits per heavy atom. The van der Waals surface area contributed by atoms with Crippen molar-refractivity contribution in [2.45, 2.75) is 12.8 Å². The maximum absolute atomic E-state index is 13.0. The Balaban J connectivity index is 0.00000144. The van der Waals surface area contributed by atoms with Crippen LogP contribution in [0.15, 0.2) is 24.3 Å². The van der Waals surface area contributed by atoms with Crippen molar-refractivity contribution in [3.8, 4) is 0 Å². The van der Waals surface area contributed by atoms with E-state index >= 15 is 0 Å². The number of carbonyl (C=O) groups excluding carboxylic acids is 1. The van der Waals surface area contributed by atoms with Gasteiger partial charge in [-0.3, -0.25) is 4.79 Å². The van der Waals surface area contributed by atoms with Gasteiger partial charge in [-0.05, 0) is 45.1 Å². The smallest absolute Gasteiger partial charge is 0.166 e. The van der Waals surface area contributed by atoms with E-state index in [1.807, 2.05) is 0 Å². The second-order valence-corrected chi connectivity index (χ2v) is 4.45.